The predicted octanol–water partition coefficient (Wildman–Crippen LogP) is 3.23. The molecule has 0 atom stereocenters. The van der Waals surface area contributed by atoms with Crippen molar-refractivity contribution >= 4 is 11.5 Å². The van der Waals surface area contributed by atoms with Gasteiger partial charge in [0.25, 0.3) is 0 Å². The second-order valence-electron chi connectivity index (χ2n) is 5.98. The topological polar surface area (TPSA) is 53.1 Å². The fraction of sp³-hybridized carbons (Fsp3) is 0.500. The molecule has 2 rings (SSSR count). The van der Waals surface area contributed by atoms with Gasteiger partial charge in [0.15, 0.2) is 0 Å². The number of hydrogen-bond donors (Lipinski definition) is 2. The average Bonchev–Trinajstić information content (AvgIpc) is 2.67. The number of halogens is 3. The van der Waals surface area contributed by atoms with Crippen molar-refractivity contribution in [1.82, 2.24) is 0 Å². The molecule has 6 heteroatoms. The van der Waals surface area contributed by atoms with Crippen molar-refractivity contribution in [1.29, 1.82) is 5.41 Å². The monoisotopic (exact) mass is 285 g/mol. The second kappa shape index (κ2) is 4.68. The molecule has 1 aromatic carbocycles. The van der Waals surface area contributed by atoms with Gasteiger partial charge < -0.3 is 10.6 Å². The maximum absolute atomic E-state index is 12.9. The molecule has 3 nitrogen and oxygen atoms in total. The first-order valence-electron chi connectivity index (χ1n) is 6.41. The highest BCUT2D eigenvalue weighted by atomic mass is 19.4. The quantitative estimate of drug-likeness (QED) is 0.647. The Labute approximate surface area is 116 Å². The summed E-state index contributed by atoms with van der Waals surface area (Å²) in [7, 11) is 0. The van der Waals surface area contributed by atoms with E-state index in [1.165, 1.54) is 12.1 Å². The van der Waals surface area contributed by atoms with Crippen molar-refractivity contribution in [3.63, 3.8) is 0 Å². The summed E-state index contributed by atoms with van der Waals surface area (Å²) in [6.45, 7) is 5.84. The van der Waals surface area contributed by atoms with Crippen LogP contribution in [0.1, 0.15) is 31.4 Å². The van der Waals surface area contributed by atoms with Crippen LogP contribution in [0.25, 0.3) is 0 Å². The molecule has 0 aromatic heterocycles. The number of alkyl halides is 3. The van der Waals surface area contributed by atoms with Gasteiger partial charge >= 0.3 is 6.18 Å². The normalized spacial score (nSPS) is 18.4. The van der Waals surface area contributed by atoms with Crippen LogP contribution in [0, 0.1) is 10.8 Å². The summed E-state index contributed by atoms with van der Waals surface area (Å²) >= 11 is 0. The molecule has 1 aliphatic heterocycles. The highest BCUT2D eigenvalue weighted by molar-refractivity contribution is 5.97. The highest BCUT2D eigenvalue weighted by Crippen LogP contribution is 2.36. The number of nitrogens with two attached hydrogens (primary N) is 1. The molecule has 20 heavy (non-hydrogen) atoms. The summed E-state index contributed by atoms with van der Waals surface area (Å²) in [5, 5.41) is 7.36. The van der Waals surface area contributed by atoms with Gasteiger partial charge in [0.05, 0.1) is 5.56 Å². The van der Waals surface area contributed by atoms with E-state index in [2.05, 4.69) is 13.8 Å². The lowest BCUT2D eigenvalue weighted by molar-refractivity contribution is -0.137. The zero-order valence-electron chi connectivity index (χ0n) is 11.5. The van der Waals surface area contributed by atoms with Gasteiger partial charge in [-0.15, -0.1) is 0 Å². The minimum atomic E-state index is -4.50. The summed E-state index contributed by atoms with van der Waals surface area (Å²) in [4.78, 5) is 2.03. The molecule has 1 fully saturated rings. The highest BCUT2D eigenvalue weighted by Gasteiger charge is 2.35. The number of amidine groups is 1. The number of nitrogens with one attached hydrogen (secondary N) is 1. The van der Waals surface area contributed by atoms with Crippen LogP contribution in [0.5, 0.6) is 0 Å². The van der Waals surface area contributed by atoms with Gasteiger partial charge in [-0.3, -0.25) is 5.41 Å². The van der Waals surface area contributed by atoms with Gasteiger partial charge in [-0.2, -0.15) is 13.2 Å². The van der Waals surface area contributed by atoms with E-state index in [-0.39, 0.29) is 11.0 Å². The molecule has 0 bridgehead atoms. The van der Waals surface area contributed by atoms with Crippen LogP contribution in [0.2, 0.25) is 0 Å². The summed E-state index contributed by atoms with van der Waals surface area (Å²) < 4.78 is 38.6. The van der Waals surface area contributed by atoms with E-state index in [4.69, 9.17) is 11.1 Å². The minimum absolute atomic E-state index is 0.152. The Balaban J connectivity index is 2.39. The number of benzene rings is 1. The van der Waals surface area contributed by atoms with Gasteiger partial charge in [0.2, 0.25) is 0 Å². The van der Waals surface area contributed by atoms with E-state index >= 15 is 0 Å². The van der Waals surface area contributed by atoms with Crippen LogP contribution < -0.4 is 10.6 Å². The van der Waals surface area contributed by atoms with Crippen molar-refractivity contribution < 1.29 is 13.2 Å². The molecule has 3 N–H and O–H groups in total. The first-order chi connectivity index (χ1) is 9.10. The third kappa shape index (κ3) is 2.89. The third-order valence-corrected chi connectivity index (χ3v) is 3.64. The molecule has 0 spiro atoms. The largest absolute Gasteiger partial charge is 0.417 e. The van der Waals surface area contributed by atoms with E-state index in [1.807, 2.05) is 4.90 Å². The van der Waals surface area contributed by atoms with Crippen molar-refractivity contribution in [2.24, 2.45) is 11.1 Å². The Kier molecular flexibility index (Phi) is 3.44. The Bertz CT molecular complexity index is 535. The molecule has 0 unspecified atom stereocenters. The van der Waals surface area contributed by atoms with E-state index < -0.39 is 17.6 Å². The molecule has 1 aliphatic rings. The van der Waals surface area contributed by atoms with E-state index in [0.717, 1.165) is 25.6 Å². The molecule has 0 radical (unpaired) electrons. The lowest BCUT2D eigenvalue weighted by Crippen LogP contribution is -2.24. The molecule has 0 amide bonds. The van der Waals surface area contributed by atoms with E-state index in [9.17, 15) is 13.2 Å². The molecular weight excluding hydrogens is 267 g/mol. The lowest BCUT2D eigenvalue weighted by Gasteiger charge is -2.23. The van der Waals surface area contributed by atoms with Gasteiger partial charge in [-0.05, 0) is 30.0 Å². The van der Waals surface area contributed by atoms with Crippen molar-refractivity contribution in [2.75, 3.05) is 18.0 Å². The van der Waals surface area contributed by atoms with Crippen molar-refractivity contribution in [3.8, 4) is 0 Å². The van der Waals surface area contributed by atoms with Crippen molar-refractivity contribution in [2.45, 2.75) is 26.4 Å². The molecule has 1 aromatic rings. The molecular formula is C14H18F3N3. The van der Waals surface area contributed by atoms with Crippen LogP contribution in [0.3, 0.4) is 0 Å². The molecule has 0 saturated carbocycles. The first kappa shape index (κ1) is 14.7. The Morgan fingerprint density at radius 3 is 2.45 bits per heavy atom. The fourth-order valence-electron chi connectivity index (χ4n) is 2.53. The maximum atomic E-state index is 12.9. The summed E-state index contributed by atoms with van der Waals surface area (Å²) in [5.74, 6) is -0.558. The Morgan fingerprint density at radius 1 is 1.35 bits per heavy atom. The van der Waals surface area contributed by atoms with Crippen LogP contribution in [-0.4, -0.2) is 18.9 Å². The van der Waals surface area contributed by atoms with Crippen LogP contribution in [0.15, 0.2) is 18.2 Å². The number of nitrogen functional groups attached to an aromatic ring is 1. The average molecular weight is 285 g/mol. The van der Waals surface area contributed by atoms with Crippen LogP contribution in [0.4, 0.5) is 18.9 Å². The summed E-state index contributed by atoms with van der Waals surface area (Å²) in [6, 6.07) is 3.83. The molecule has 1 heterocycles. The second-order valence-corrected chi connectivity index (χ2v) is 5.98. The zero-order chi connectivity index (χ0) is 15.1. The summed E-state index contributed by atoms with van der Waals surface area (Å²) in [6.07, 6.45) is -3.51. The van der Waals surface area contributed by atoms with E-state index in [0.29, 0.717) is 5.69 Å². The number of hydrogen-bond acceptors (Lipinski definition) is 2. The fourth-order valence-corrected chi connectivity index (χ4v) is 2.53. The van der Waals surface area contributed by atoms with Gasteiger partial charge in [0, 0.05) is 24.3 Å². The number of rotatable bonds is 2. The van der Waals surface area contributed by atoms with Crippen LogP contribution in [-0.2, 0) is 6.18 Å². The maximum Gasteiger partial charge on any atom is 0.417 e. The van der Waals surface area contributed by atoms with Crippen molar-refractivity contribution in [3.05, 3.63) is 29.3 Å². The molecule has 1 saturated heterocycles. The molecule has 0 aliphatic carbocycles. The number of nitrogens with zero attached hydrogens (tertiary/aromatic N) is 1. The Morgan fingerprint density at radius 2 is 2.00 bits per heavy atom. The first-order valence-corrected chi connectivity index (χ1v) is 6.41. The standard InChI is InChI=1S/C14H18F3N3/c1-13(2)5-6-20(8-13)9-3-4-11(14(15,16)17)10(7-9)12(18)19/h3-4,7H,5-6,8H2,1-2H3,(H3,18,19). The van der Waals surface area contributed by atoms with Crippen LogP contribution >= 0.6 is 0 Å². The Hall–Kier alpha value is -1.72. The lowest BCUT2D eigenvalue weighted by atomic mass is 9.93. The zero-order valence-corrected chi connectivity index (χ0v) is 11.5. The summed E-state index contributed by atoms with van der Waals surface area (Å²) in [5.41, 5.74) is 5.03. The van der Waals surface area contributed by atoms with Gasteiger partial charge in [-0.25, -0.2) is 0 Å². The number of anilines is 1. The smallest absolute Gasteiger partial charge is 0.384 e. The molecule has 110 valence electrons. The van der Waals surface area contributed by atoms with Gasteiger partial charge in [0.1, 0.15) is 5.84 Å². The van der Waals surface area contributed by atoms with E-state index in [1.54, 1.807) is 0 Å². The third-order valence-electron chi connectivity index (χ3n) is 3.64. The minimum Gasteiger partial charge on any atom is -0.384 e. The SMILES string of the molecule is CC1(C)CCN(c2ccc(C(F)(F)F)c(C(=N)N)c2)C1. The predicted molar refractivity (Wildman–Crippen MR) is 73.1 cm³/mol. The van der Waals surface area contributed by atoms with Gasteiger partial charge in [-0.1, -0.05) is 13.8 Å².